The second-order valence-corrected chi connectivity index (χ2v) is 12.3. The number of carbonyl (C=O) groups is 1. The van der Waals surface area contributed by atoms with E-state index in [1.54, 1.807) is 7.11 Å². The Bertz CT molecular complexity index is 1340. The van der Waals surface area contributed by atoms with Gasteiger partial charge in [0.1, 0.15) is 12.4 Å². The molecular formula is C35H46FN3O4. The third kappa shape index (κ3) is 9.51. The van der Waals surface area contributed by atoms with Gasteiger partial charge in [0.15, 0.2) is 0 Å². The third-order valence-electron chi connectivity index (χ3n) is 7.75. The summed E-state index contributed by atoms with van der Waals surface area (Å²) < 4.78 is 25.6. The molecule has 7 nitrogen and oxygen atoms in total. The molecule has 1 unspecified atom stereocenters. The molecule has 0 spiro atoms. The van der Waals surface area contributed by atoms with Crippen LogP contribution in [-0.2, 0) is 23.2 Å². The molecular weight excluding hydrogens is 545 g/mol. The molecule has 1 aliphatic rings. The molecule has 0 radical (unpaired) electrons. The highest BCUT2D eigenvalue weighted by atomic mass is 19.1. The zero-order chi connectivity index (χ0) is 30.8. The minimum absolute atomic E-state index is 0.0709. The number of aliphatic hydroxyl groups excluding tert-OH is 1. The fourth-order valence-corrected chi connectivity index (χ4v) is 5.26. The average molecular weight is 592 g/mol. The number of hydrogen-bond acceptors (Lipinski definition) is 6. The van der Waals surface area contributed by atoms with Gasteiger partial charge in [-0.15, -0.1) is 0 Å². The summed E-state index contributed by atoms with van der Waals surface area (Å²) in [5.74, 6) is 0.449. The van der Waals surface area contributed by atoms with Crippen molar-refractivity contribution in [2.75, 3.05) is 38.8 Å². The fourth-order valence-electron chi connectivity index (χ4n) is 5.26. The van der Waals surface area contributed by atoms with Crippen LogP contribution in [0, 0.1) is 0 Å². The summed E-state index contributed by atoms with van der Waals surface area (Å²) in [7, 11) is 1.62. The maximum Gasteiger partial charge on any atom is 0.251 e. The number of methoxy groups -OCH3 is 1. The van der Waals surface area contributed by atoms with Crippen molar-refractivity contribution in [2.24, 2.45) is 0 Å². The number of ether oxygens (including phenoxy) is 2. The minimum atomic E-state index is -0.994. The van der Waals surface area contributed by atoms with Crippen molar-refractivity contribution in [3.8, 4) is 5.75 Å². The molecule has 1 heterocycles. The summed E-state index contributed by atoms with van der Waals surface area (Å²) in [4.78, 5) is 13.6. The molecule has 4 bridgehead atoms. The number of amides is 1. The second-order valence-electron chi connectivity index (χ2n) is 12.3. The summed E-state index contributed by atoms with van der Waals surface area (Å²) in [6.07, 6.45) is 1.17. The lowest BCUT2D eigenvalue weighted by atomic mass is 9.85. The van der Waals surface area contributed by atoms with Crippen LogP contribution < -0.4 is 20.7 Å². The molecule has 0 aromatic heterocycles. The first-order chi connectivity index (χ1) is 20.7. The van der Waals surface area contributed by atoms with E-state index in [0.29, 0.717) is 25.2 Å². The molecule has 3 aromatic rings. The summed E-state index contributed by atoms with van der Waals surface area (Å²) in [6.45, 7) is 7.53. The molecule has 0 saturated heterocycles. The van der Waals surface area contributed by atoms with E-state index in [2.05, 4.69) is 36.7 Å². The van der Waals surface area contributed by atoms with Crippen molar-refractivity contribution < 1.29 is 23.8 Å². The summed E-state index contributed by atoms with van der Waals surface area (Å²) >= 11 is 0. The van der Waals surface area contributed by atoms with Gasteiger partial charge >= 0.3 is 0 Å². The SMILES string of the molecule is COCc1cc2cc(c1)C(=O)N[C@H]([C@H](O)CNC(CF)c1cccc(C(C)(C)C)c1)Cc1cccc(c1)OCCCCN2. The molecule has 4 N–H and O–H groups in total. The van der Waals surface area contributed by atoms with Crippen molar-refractivity contribution in [2.45, 2.75) is 70.2 Å². The number of anilines is 1. The van der Waals surface area contributed by atoms with Crippen LogP contribution in [0.1, 0.15) is 72.3 Å². The number of hydrogen-bond donors (Lipinski definition) is 4. The van der Waals surface area contributed by atoms with Gasteiger partial charge in [-0.25, -0.2) is 4.39 Å². The Labute approximate surface area is 255 Å². The molecule has 1 aliphatic heterocycles. The first kappa shape index (κ1) is 32.5. The topological polar surface area (TPSA) is 91.9 Å². The van der Waals surface area contributed by atoms with E-state index in [4.69, 9.17) is 9.47 Å². The smallest absolute Gasteiger partial charge is 0.251 e. The highest BCUT2D eigenvalue weighted by Crippen LogP contribution is 2.26. The Balaban J connectivity index is 1.58. The zero-order valence-corrected chi connectivity index (χ0v) is 25.8. The molecule has 0 aliphatic carbocycles. The number of aliphatic hydroxyl groups is 1. The maximum absolute atomic E-state index is 14.3. The van der Waals surface area contributed by atoms with Crippen LogP contribution in [0.3, 0.4) is 0 Å². The third-order valence-corrected chi connectivity index (χ3v) is 7.75. The van der Waals surface area contributed by atoms with Gasteiger partial charge in [0, 0.05) is 31.5 Å². The zero-order valence-electron chi connectivity index (χ0n) is 25.8. The highest BCUT2D eigenvalue weighted by Gasteiger charge is 2.25. The van der Waals surface area contributed by atoms with E-state index in [1.165, 1.54) is 0 Å². The van der Waals surface area contributed by atoms with Crippen molar-refractivity contribution in [1.82, 2.24) is 10.6 Å². The van der Waals surface area contributed by atoms with Gasteiger partial charge in [0.2, 0.25) is 0 Å². The highest BCUT2D eigenvalue weighted by molar-refractivity contribution is 5.95. The van der Waals surface area contributed by atoms with Gasteiger partial charge in [0.25, 0.3) is 5.91 Å². The number of carbonyl (C=O) groups excluding carboxylic acids is 1. The van der Waals surface area contributed by atoms with Crippen LogP contribution >= 0.6 is 0 Å². The van der Waals surface area contributed by atoms with Crippen LogP contribution in [0.2, 0.25) is 0 Å². The number of rotatable bonds is 8. The van der Waals surface area contributed by atoms with Gasteiger partial charge < -0.3 is 30.5 Å². The Kier molecular flexibility index (Phi) is 11.6. The molecule has 43 heavy (non-hydrogen) atoms. The quantitative estimate of drug-likeness (QED) is 0.268. The van der Waals surface area contributed by atoms with E-state index < -0.39 is 24.9 Å². The summed E-state index contributed by atoms with van der Waals surface area (Å²) in [5.41, 5.74) is 4.97. The Hall–Kier alpha value is -3.46. The predicted octanol–water partition coefficient (Wildman–Crippen LogP) is 5.72. The molecule has 1 amide bonds. The first-order valence-electron chi connectivity index (χ1n) is 15.1. The summed E-state index contributed by atoms with van der Waals surface area (Å²) in [6, 6.07) is 20.0. The molecule has 0 fully saturated rings. The van der Waals surface area contributed by atoms with Gasteiger partial charge in [0.05, 0.1) is 31.4 Å². The van der Waals surface area contributed by atoms with Gasteiger partial charge in [-0.1, -0.05) is 57.2 Å². The number of nitrogens with one attached hydrogen (secondary N) is 3. The number of alkyl halides is 1. The fraction of sp³-hybridized carbons (Fsp3) is 0.457. The lowest BCUT2D eigenvalue weighted by Gasteiger charge is -2.27. The second kappa shape index (κ2) is 15.3. The Morgan fingerprint density at radius 2 is 1.91 bits per heavy atom. The van der Waals surface area contributed by atoms with Crippen LogP contribution in [0.5, 0.6) is 5.75 Å². The predicted molar refractivity (Wildman–Crippen MR) is 170 cm³/mol. The van der Waals surface area contributed by atoms with Crippen molar-refractivity contribution in [1.29, 1.82) is 0 Å². The summed E-state index contributed by atoms with van der Waals surface area (Å²) in [5, 5.41) is 21.1. The number of benzene rings is 3. The normalized spacial score (nSPS) is 17.7. The molecule has 4 rings (SSSR count). The van der Waals surface area contributed by atoms with Crippen LogP contribution in [0.25, 0.3) is 0 Å². The van der Waals surface area contributed by atoms with E-state index in [0.717, 1.165) is 53.1 Å². The average Bonchev–Trinajstić information content (AvgIpc) is 2.98. The monoisotopic (exact) mass is 591 g/mol. The van der Waals surface area contributed by atoms with E-state index in [1.807, 2.05) is 66.7 Å². The molecule has 232 valence electrons. The van der Waals surface area contributed by atoms with Crippen LogP contribution in [0.15, 0.2) is 66.7 Å². The van der Waals surface area contributed by atoms with Crippen molar-refractivity contribution >= 4 is 11.6 Å². The lowest BCUT2D eigenvalue weighted by Crippen LogP contribution is -2.49. The molecule has 3 atom stereocenters. The molecule has 0 saturated carbocycles. The van der Waals surface area contributed by atoms with E-state index in [9.17, 15) is 14.3 Å². The molecule has 8 heteroatoms. The Morgan fingerprint density at radius 1 is 1.09 bits per heavy atom. The van der Waals surface area contributed by atoms with Crippen LogP contribution in [0.4, 0.5) is 10.1 Å². The van der Waals surface area contributed by atoms with Gasteiger partial charge in [-0.3, -0.25) is 4.79 Å². The van der Waals surface area contributed by atoms with Crippen molar-refractivity contribution in [3.05, 3.63) is 94.5 Å². The lowest BCUT2D eigenvalue weighted by molar-refractivity contribution is 0.0821. The maximum atomic E-state index is 14.3. The minimum Gasteiger partial charge on any atom is -0.494 e. The van der Waals surface area contributed by atoms with Crippen LogP contribution in [-0.4, -0.2) is 56.6 Å². The first-order valence-corrected chi connectivity index (χ1v) is 15.1. The van der Waals surface area contributed by atoms with Gasteiger partial charge in [-0.05, 0) is 77.3 Å². The molecule has 3 aromatic carbocycles. The van der Waals surface area contributed by atoms with E-state index in [-0.39, 0.29) is 17.9 Å². The number of halogens is 1. The largest absolute Gasteiger partial charge is 0.494 e. The van der Waals surface area contributed by atoms with Gasteiger partial charge in [-0.2, -0.15) is 0 Å². The van der Waals surface area contributed by atoms with Crippen molar-refractivity contribution in [3.63, 3.8) is 0 Å². The number of fused-ring (bicyclic) bond motifs is 4. The van der Waals surface area contributed by atoms with E-state index >= 15 is 0 Å². The standard InChI is InChI=1S/C35H46FN3O4/c1-35(2,3)28-11-8-10-26(19-28)32(21-36)38-22-33(40)31-18-24-9-7-12-30(17-24)43-14-6-5-13-37-29-16-25(23-42-4)15-27(20-29)34(41)39-31/h7-12,15-17,19-20,31-33,37-38,40H,5-6,13-14,18,21-23H2,1-4H3,(H,39,41)/t31-,32?,33+/m0/s1. The Morgan fingerprint density at radius 3 is 2.67 bits per heavy atom.